The molecular weight excluding hydrogens is 308 g/mol. The lowest BCUT2D eigenvalue weighted by Crippen LogP contribution is -2.36. The molecule has 0 aromatic carbocycles. The number of urea groups is 1. The Bertz CT molecular complexity index is 434. The van der Waals surface area contributed by atoms with Gasteiger partial charge in [-0.15, -0.1) is 5.48 Å². The Balaban J connectivity index is 1.53. The molecule has 3 atom stereocenters. The minimum atomic E-state index is -0.364. The Morgan fingerprint density at radius 1 is 1.36 bits per heavy atom. The van der Waals surface area contributed by atoms with Crippen LogP contribution in [0.5, 0.6) is 0 Å². The van der Waals surface area contributed by atoms with Gasteiger partial charge in [0, 0.05) is 24.5 Å². The maximum atomic E-state index is 11.4. The predicted octanol–water partition coefficient (Wildman–Crippen LogP) is -0.494. The third-order valence-corrected chi connectivity index (χ3v) is 5.26. The molecule has 0 aliphatic carbocycles. The summed E-state index contributed by atoms with van der Waals surface area (Å²) in [5.74, 6) is 0.337. The van der Waals surface area contributed by atoms with Gasteiger partial charge in [0.15, 0.2) is 0 Å². The number of hydrogen-bond acceptors (Lipinski definition) is 6. The van der Waals surface area contributed by atoms with E-state index in [0.717, 1.165) is 25.0 Å². The summed E-state index contributed by atoms with van der Waals surface area (Å²) in [7, 11) is 1.51. The van der Waals surface area contributed by atoms with E-state index in [1.54, 1.807) is 0 Å². The number of fused-ring (bicyclic) bond motifs is 1. The Kier molecular flexibility index (Phi) is 6.32. The van der Waals surface area contributed by atoms with Crippen LogP contribution in [0.25, 0.3) is 0 Å². The highest BCUT2D eigenvalue weighted by molar-refractivity contribution is 8.00. The first kappa shape index (κ1) is 16.9. The number of nitrogens with one attached hydrogen (secondary N) is 4. The minimum Gasteiger partial charge on any atom is -0.370 e. The van der Waals surface area contributed by atoms with Gasteiger partial charge in [0.1, 0.15) is 6.54 Å². The van der Waals surface area contributed by atoms with E-state index in [1.165, 1.54) is 7.05 Å². The van der Waals surface area contributed by atoms with Crippen LogP contribution in [0.2, 0.25) is 0 Å². The number of rotatable bonds is 8. The molecule has 0 aromatic rings. The van der Waals surface area contributed by atoms with Crippen LogP contribution in [0.4, 0.5) is 4.79 Å². The molecule has 4 N–H and O–H groups in total. The second-order valence-electron chi connectivity index (χ2n) is 5.34. The Morgan fingerprint density at radius 3 is 2.95 bits per heavy atom. The van der Waals surface area contributed by atoms with Crippen molar-refractivity contribution < 1.29 is 19.2 Å². The first-order valence-corrected chi connectivity index (χ1v) is 8.46. The second-order valence-corrected chi connectivity index (χ2v) is 6.61. The van der Waals surface area contributed by atoms with E-state index >= 15 is 0 Å². The fourth-order valence-electron chi connectivity index (χ4n) is 2.58. The Labute approximate surface area is 133 Å². The van der Waals surface area contributed by atoms with Gasteiger partial charge in [0.05, 0.1) is 12.1 Å². The van der Waals surface area contributed by atoms with Crippen molar-refractivity contribution in [2.45, 2.75) is 43.0 Å². The number of carbonyl (C=O) groups excluding carboxylic acids is 3. The molecule has 0 saturated carbocycles. The van der Waals surface area contributed by atoms with Crippen molar-refractivity contribution in [3.63, 3.8) is 0 Å². The third kappa shape index (κ3) is 4.77. The first-order valence-electron chi connectivity index (χ1n) is 7.42. The molecule has 9 heteroatoms. The normalized spacial score (nSPS) is 26.0. The number of hydrogen-bond donors (Lipinski definition) is 4. The van der Waals surface area contributed by atoms with Crippen molar-refractivity contribution in [2.24, 2.45) is 0 Å². The summed E-state index contributed by atoms with van der Waals surface area (Å²) in [5, 5.41) is 8.68. The van der Waals surface area contributed by atoms with Crippen molar-refractivity contribution in [2.75, 3.05) is 19.3 Å². The number of likely N-dealkylation sites (N-methyl/N-ethyl adjacent to an activating group) is 1. The number of unbranched alkanes of at least 4 members (excludes halogenated alkanes) is 1. The lowest BCUT2D eigenvalue weighted by atomic mass is 10.0. The van der Waals surface area contributed by atoms with Gasteiger partial charge >= 0.3 is 12.0 Å². The van der Waals surface area contributed by atoms with Crippen LogP contribution in [-0.2, 0) is 14.4 Å². The van der Waals surface area contributed by atoms with Gasteiger partial charge in [-0.2, -0.15) is 11.8 Å². The smallest absolute Gasteiger partial charge is 0.324 e. The molecule has 0 bridgehead atoms. The van der Waals surface area contributed by atoms with Crippen LogP contribution < -0.4 is 21.4 Å². The van der Waals surface area contributed by atoms with Crippen LogP contribution in [0.3, 0.4) is 0 Å². The molecule has 2 aliphatic rings. The van der Waals surface area contributed by atoms with Crippen molar-refractivity contribution in [3.8, 4) is 0 Å². The summed E-state index contributed by atoms with van der Waals surface area (Å²) in [5.41, 5.74) is 2.33. The predicted molar refractivity (Wildman–Crippen MR) is 82.1 cm³/mol. The van der Waals surface area contributed by atoms with Crippen LogP contribution in [-0.4, -0.2) is 54.6 Å². The molecule has 0 spiro atoms. The third-order valence-electron chi connectivity index (χ3n) is 3.76. The zero-order valence-corrected chi connectivity index (χ0v) is 13.3. The summed E-state index contributed by atoms with van der Waals surface area (Å²) in [6.07, 6.45) is 2.92. The average Bonchev–Trinajstić information content (AvgIpc) is 3.03. The zero-order chi connectivity index (χ0) is 15.9. The van der Waals surface area contributed by atoms with Crippen molar-refractivity contribution in [1.29, 1.82) is 0 Å². The quantitative estimate of drug-likeness (QED) is 0.272. The van der Waals surface area contributed by atoms with Crippen molar-refractivity contribution in [3.05, 3.63) is 0 Å². The lowest BCUT2D eigenvalue weighted by molar-refractivity contribution is -0.152. The molecule has 0 aromatic heterocycles. The molecule has 0 unspecified atom stereocenters. The molecule has 2 rings (SSSR count). The van der Waals surface area contributed by atoms with E-state index < -0.39 is 0 Å². The van der Waals surface area contributed by atoms with E-state index in [2.05, 4.69) is 21.4 Å². The van der Waals surface area contributed by atoms with E-state index in [1.807, 2.05) is 11.8 Å². The maximum absolute atomic E-state index is 11.4. The molecule has 2 saturated heterocycles. The van der Waals surface area contributed by atoms with Gasteiger partial charge < -0.3 is 20.8 Å². The van der Waals surface area contributed by atoms with Crippen LogP contribution in [0.15, 0.2) is 0 Å². The maximum Gasteiger partial charge on any atom is 0.324 e. The molecular formula is C13H22N4O4S. The fraction of sp³-hybridized carbons (Fsp3) is 0.769. The molecule has 2 fully saturated rings. The van der Waals surface area contributed by atoms with E-state index in [9.17, 15) is 14.4 Å². The van der Waals surface area contributed by atoms with Gasteiger partial charge in [0.2, 0.25) is 5.91 Å². The molecule has 124 valence electrons. The highest BCUT2D eigenvalue weighted by atomic mass is 32.2. The minimum absolute atomic E-state index is 0.0449. The second kappa shape index (κ2) is 8.23. The van der Waals surface area contributed by atoms with Crippen LogP contribution in [0, 0.1) is 0 Å². The summed E-state index contributed by atoms with van der Waals surface area (Å²) < 4.78 is 0. The van der Waals surface area contributed by atoms with E-state index in [-0.39, 0.29) is 36.5 Å². The number of thioether (sulfide) groups is 1. The van der Waals surface area contributed by atoms with Crippen molar-refractivity contribution in [1.82, 2.24) is 21.4 Å². The van der Waals surface area contributed by atoms with Gasteiger partial charge in [-0.05, 0) is 12.8 Å². The molecule has 2 heterocycles. The largest absolute Gasteiger partial charge is 0.370 e. The molecule has 0 radical (unpaired) electrons. The Morgan fingerprint density at radius 2 is 2.18 bits per heavy atom. The first-order chi connectivity index (χ1) is 10.6. The van der Waals surface area contributed by atoms with Gasteiger partial charge in [-0.1, -0.05) is 6.42 Å². The van der Waals surface area contributed by atoms with E-state index in [0.29, 0.717) is 11.7 Å². The standard InChI is InChI=1S/C13H22N4O4S/c1-14-10(18)6-15-21-11(19)5-3-2-4-9-12-8(7-22-9)16-13(20)17-12/h8-9,12,15H,2-7H2,1H3,(H,14,18)(H2,16,17,20)/t8-,9-,12-/m0/s1. The monoisotopic (exact) mass is 330 g/mol. The fourth-order valence-corrected chi connectivity index (χ4v) is 4.12. The van der Waals surface area contributed by atoms with Crippen LogP contribution >= 0.6 is 11.8 Å². The zero-order valence-electron chi connectivity index (χ0n) is 12.5. The number of amides is 3. The number of carbonyl (C=O) groups is 3. The Hall–Kier alpha value is -1.48. The average molecular weight is 330 g/mol. The molecule has 22 heavy (non-hydrogen) atoms. The number of hydroxylamine groups is 1. The van der Waals surface area contributed by atoms with Gasteiger partial charge in [-0.3, -0.25) is 9.59 Å². The van der Waals surface area contributed by atoms with Crippen LogP contribution in [0.1, 0.15) is 25.7 Å². The van der Waals surface area contributed by atoms with Crippen molar-refractivity contribution >= 4 is 29.7 Å². The summed E-state index contributed by atoms with van der Waals surface area (Å²) in [6, 6.07) is 0.367. The summed E-state index contributed by atoms with van der Waals surface area (Å²) >= 11 is 1.86. The highest BCUT2D eigenvalue weighted by Crippen LogP contribution is 2.33. The lowest BCUT2D eigenvalue weighted by Gasteiger charge is -2.16. The highest BCUT2D eigenvalue weighted by Gasteiger charge is 2.42. The van der Waals surface area contributed by atoms with Gasteiger partial charge in [0.25, 0.3) is 0 Å². The molecule has 2 aliphatic heterocycles. The molecule has 8 nitrogen and oxygen atoms in total. The summed E-state index contributed by atoms with van der Waals surface area (Å²) in [6.45, 7) is -0.0449. The topological polar surface area (TPSA) is 109 Å². The van der Waals surface area contributed by atoms with Gasteiger partial charge in [-0.25, -0.2) is 4.79 Å². The summed E-state index contributed by atoms with van der Waals surface area (Å²) in [4.78, 5) is 38.4. The SMILES string of the molecule is CNC(=O)CNOC(=O)CCCC[C@@H]1SC[C@@H]2NC(=O)N[C@@H]21. The molecule has 3 amide bonds. The van der Waals surface area contributed by atoms with E-state index in [4.69, 9.17) is 4.84 Å².